The number of nitrogens with one attached hydrogen (secondary N) is 1. The van der Waals surface area contributed by atoms with Gasteiger partial charge in [0.1, 0.15) is 17.1 Å². The first kappa shape index (κ1) is 18.9. The number of carbonyl (C=O) groups is 1. The van der Waals surface area contributed by atoms with Crippen molar-refractivity contribution >= 4 is 5.91 Å². The molecule has 4 rings (SSSR count). The normalized spacial score (nSPS) is 22.0. The van der Waals surface area contributed by atoms with Crippen LogP contribution in [0.2, 0.25) is 0 Å². The monoisotopic (exact) mass is 379 g/mol. The van der Waals surface area contributed by atoms with Crippen molar-refractivity contribution in [3.8, 4) is 11.5 Å². The van der Waals surface area contributed by atoms with Crippen LogP contribution < -0.4 is 14.8 Å². The van der Waals surface area contributed by atoms with E-state index >= 15 is 0 Å². The van der Waals surface area contributed by atoms with Crippen LogP contribution in [0.25, 0.3) is 0 Å². The largest absolute Gasteiger partial charge is 0.497 e. The van der Waals surface area contributed by atoms with Crippen molar-refractivity contribution in [2.24, 2.45) is 0 Å². The van der Waals surface area contributed by atoms with Gasteiger partial charge in [0.2, 0.25) is 5.91 Å². The summed E-state index contributed by atoms with van der Waals surface area (Å²) in [7, 11) is 1.66. The lowest BCUT2D eigenvalue weighted by Crippen LogP contribution is -2.47. The summed E-state index contributed by atoms with van der Waals surface area (Å²) in [5, 5.41) is 3.39. The standard InChI is InChI=1S/C24H29NO3/c1-23(2)16-20(19-15-18(27-3)11-12-21(19)28-23)25-22(26)24(13-7-8-14-24)17-9-5-4-6-10-17/h4-6,9-12,15,20H,7-8,13-14,16H2,1-3H3,(H,25,26). The smallest absolute Gasteiger partial charge is 0.231 e. The highest BCUT2D eigenvalue weighted by atomic mass is 16.5. The van der Waals surface area contributed by atoms with E-state index in [1.807, 2.05) is 36.4 Å². The van der Waals surface area contributed by atoms with Crippen LogP contribution in [-0.4, -0.2) is 18.6 Å². The van der Waals surface area contributed by atoms with E-state index < -0.39 is 5.41 Å². The second-order valence-corrected chi connectivity index (χ2v) is 8.65. The van der Waals surface area contributed by atoms with Crippen LogP contribution in [-0.2, 0) is 10.2 Å². The summed E-state index contributed by atoms with van der Waals surface area (Å²) < 4.78 is 11.6. The molecule has 1 saturated carbocycles. The van der Waals surface area contributed by atoms with E-state index in [1.165, 1.54) is 0 Å². The maximum absolute atomic E-state index is 13.6. The Bertz CT molecular complexity index is 853. The Morgan fingerprint density at radius 1 is 1.11 bits per heavy atom. The molecule has 1 amide bonds. The summed E-state index contributed by atoms with van der Waals surface area (Å²) in [6.07, 6.45) is 4.71. The molecule has 28 heavy (non-hydrogen) atoms. The number of fused-ring (bicyclic) bond motifs is 1. The first-order valence-electron chi connectivity index (χ1n) is 10.2. The number of benzene rings is 2. The number of ether oxygens (including phenoxy) is 2. The Morgan fingerprint density at radius 3 is 2.50 bits per heavy atom. The predicted octanol–water partition coefficient (Wildman–Crippen LogP) is 4.93. The third-order valence-corrected chi connectivity index (χ3v) is 6.20. The number of hydrogen-bond acceptors (Lipinski definition) is 3. The molecule has 1 N–H and O–H groups in total. The molecular weight excluding hydrogens is 350 g/mol. The van der Waals surface area contributed by atoms with Crippen LogP contribution in [0.5, 0.6) is 11.5 Å². The van der Waals surface area contributed by atoms with Gasteiger partial charge in [0, 0.05) is 12.0 Å². The second-order valence-electron chi connectivity index (χ2n) is 8.65. The van der Waals surface area contributed by atoms with Gasteiger partial charge in [-0.1, -0.05) is 43.2 Å². The molecule has 1 unspecified atom stereocenters. The van der Waals surface area contributed by atoms with Gasteiger partial charge in [-0.3, -0.25) is 4.79 Å². The Labute approximate surface area is 167 Å². The molecule has 1 aliphatic carbocycles. The highest BCUT2D eigenvalue weighted by molar-refractivity contribution is 5.89. The van der Waals surface area contributed by atoms with Crippen molar-refractivity contribution < 1.29 is 14.3 Å². The molecule has 2 aromatic rings. The second kappa shape index (κ2) is 7.16. The zero-order valence-electron chi connectivity index (χ0n) is 17.0. The molecule has 1 heterocycles. The van der Waals surface area contributed by atoms with Gasteiger partial charge >= 0.3 is 0 Å². The molecule has 4 nitrogen and oxygen atoms in total. The minimum absolute atomic E-state index is 0.0949. The summed E-state index contributed by atoms with van der Waals surface area (Å²) in [4.78, 5) is 13.6. The molecule has 4 heteroatoms. The summed E-state index contributed by atoms with van der Waals surface area (Å²) in [6.45, 7) is 4.14. The van der Waals surface area contributed by atoms with Gasteiger partial charge in [-0.25, -0.2) is 0 Å². The van der Waals surface area contributed by atoms with E-state index in [4.69, 9.17) is 9.47 Å². The van der Waals surface area contributed by atoms with Gasteiger partial charge in [-0.05, 0) is 50.5 Å². The number of carbonyl (C=O) groups excluding carboxylic acids is 1. The third kappa shape index (κ3) is 3.36. The molecule has 2 aliphatic rings. The van der Waals surface area contributed by atoms with E-state index in [9.17, 15) is 4.79 Å². The predicted molar refractivity (Wildman–Crippen MR) is 110 cm³/mol. The van der Waals surface area contributed by atoms with Crippen LogP contribution >= 0.6 is 0 Å². The SMILES string of the molecule is COc1ccc2c(c1)C(NC(=O)C1(c3ccccc3)CCCC1)CC(C)(C)O2. The summed E-state index contributed by atoms with van der Waals surface area (Å²) in [5.41, 5.74) is 1.35. The maximum atomic E-state index is 13.6. The first-order valence-corrected chi connectivity index (χ1v) is 10.2. The first-order chi connectivity index (χ1) is 13.4. The lowest BCUT2D eigenvalue weighted by atomic mass is 9.77. The number of hydrogen-bond donors (Lipinski definition) is 1. The highest BCUT2D eigenvalue weighted by Crippen LogP contribution is 2.44. The zero-order valence-corrected chi connectivity index (χ0v) is 17.0. The number of rotatable bonds is 4. The van der Waals surface area contributed by atoms with Crippen LogP contribution in [0.3, 0.4) is 0 Å². The molecule has 0 aromatic heterocycles. The number of methoxy groups -OCH3 is 1. The van der Waals surface area contributed by atoms with Crippen molar-refractivity contribution in [2.75, 3.05) is 7.11 Å². The van der Waals surface area contributed by atoms with E-state index in [-0.39, 0.29) is 17.6 Å². The Hall–Kier alpha value is -2.49. The fraction of sp³-hybridized carbons (Fsp3) is 0.458. The average Bonchev–Trinajstić information content (AvgIpc) is 3.19. The van der Waals surface area contributed by atoms with Crippen molar-refractivity contribution in [2.45, 2.75) is 63.0 Å². The lowest BCUT2D eigenvalue weighted by molar-refractivity contribution is -0.128. The molecular formula is C24H29NO3. The van der Waals surface area contributed by atoms with E-state index in [1.54, 1.807) is 7.11 Å². The topological polar surface area (TPSA) is 47.6 Å². The quantitative estimate of drug-likeness (QED) is 0.820. The average molecular weight is 380 g/mol. The van der Waals surface area contributed by atoms with E-state index in [0.29, 0.717) is 0 Å². The van der Waals surface area contributed by atoms with Gasteiger partial charge in [0.05, 0.1) is 18.6 Å². The molecule has 148 valence electrons. The van der Waals surface area contributed by atoms with Crippen molar-refractivity contribution in [3.05, 3.63) is 59.7 Å². The number of amides is 1. The van der Waals surface area contributed by atoms with E-state index in [0.717, 1.165) is 54.7 Å². The summed E-state index contributed by atoms with van der Waals surface area (Å²) >= 11 is 0. The Balaban J connectivity index is 1.67. The fourth-order valence-electron chi connectivity index (χ4n) is 4.77. The molecule has 1 aliphatic heterocycles. The Kier molecular flexibility index (Phi) is 4.82. The Morgan fingerprint density at radius 2 is 1.82 bits per heavy atom. The van der Waals surface area contributed by atoms with Crippen LogP contribution in [0.4, 0.5) is 0 Å². The van der Waals surface area contributed by atoms with Gasteiger partial charge in [-0.15, -0.1) is 0 Å². The van der Waals surface area contributed by atoms with Crippen molar-refractivity contribution in [3.63, 3.8) is 0 Å². The van der Waals surface area contributed by atoms with Crippen molar-refractivity contribution in [1.29, 1.82) is 0 Å². The van der Waals surface area contributed by atoms with Crippen LogP contribution in [0.1, 0.15) is 63.1 Å². The minimum Gasteiger partial charge on any atom is -0.497 e. The maximum Gasteiger partial charge on any atom is 0.231 e. The highest BCUT2D eigenvalue weighted by Gasteiger charge is 2.44. The molecule has 0 saturated heterocycles. The summed E-state index contributed by atoms with van der Waals surface area (Å²) in [6, 6.07) is 16.0. The van der Waals surface area contributed by atoms with Crippen molar-refractivity contribution in [1.82, 2.24) is 5.32 Å². The molecule has 0 radical (unpaired) electrons. The third-order valence-electron chi connectivity index (χ3n) is 6.20. The van der Waals surface area contributed by atoms with Gasteiger partial charge in [-0.2, -0.15) is 0 Å². The lowest BCUT2D eigenvalue weighted by Gasteiger charge is -2.39. The van der Waals surface area contributed by atoms with Gasteiger partial charge in [0.25, 0.3) is 0 Å². The van der Waals surface area contributed by atoms with Gasteiger partial charge < -0.3 is 14.8 Å². The van der Waals surface area contributed by atoms with E-state index in [2.05, 4.69) is 31.3 Å². The molecule has 1 atom stereocenters. The van der Waals surface area contributed by atoms with Gasteiger partial charge in [0.15, 0.2) is 0 Å². The van der Waals surface area contributed by atoms with Crippen LogP contribution in [0.15, 0.2) is 48.5 Å². The molecule has 0 bridgehead atoms. The molecule has 2 aromatic carbocycles. The summed E-state index contributed by atoms with van der Waals surface area (Å²) in [5.74, 6) is 1.73. The zero-order chi connectivity index (χ0) is 19.8. The molecule has 1 fully saturated rings. The molecule has 0 spiro atoms. The minimum atomic E-state index is -0.428. The fourth-order valence-corrected chi connectivity index (χ4v) is 4.77. The van der Waals surface area contributed by atoms with Crippen LogP contribution in [0, 0.1) is 0 Å².